The highest BCUT2D eigenvalue weighted by Crippen LogP contribution is 2.29. The third-order valence-electron chi connectivity index (χ3n) is 3.91. The van der Waals surface area contributed by atoms with Crippen molar-refractivity contribution in [3.8, 4) is 0 Å². The predicted octanol–water partition coefficient (Wildman–Crippen LogP) is 0.784. The molecule has 0 fully saturated rings. The van der Waals surface area contributed by atoms with E-state index in [-0.39, 0.29) is 32.3 Å². The predicted molar refractivity (Wildman–Crippen MR) is 92.5 cm³/mol. The molecule has 24 heavy (non-hydrogen) atoms. The van der Waals surface area contributed by atoms with Crippen molar-refractivity contribution in [2.75, 3.05) is 26.3 Å². The van der Waals surface area contributed by atoms with Gasteiger partial charge in [0.15, 0.2) is 0 Å². The standard InChI is InChI=1S/C19H25NO4/c21-13-17(23)11-20(12-18(24)14-22)19(15-7-3-1-4-8-15)16-9-5-2-6-10-16/h1-10,17-19,21-24H,11-14H2. The number of rotatable bonds is 9. The highest BCUT2D eigenvalue weighted by molar-refractivity contribution is 5.31. The second kappa shape index (κ2) is 9.52. The summed E-state index contributed by atoms with van der Waals surface area (Å²) in [6.45, 7) is -0.353. The van der Waals surface area contributed by atoms with Crippen LogP contribution in [0.4, 0.5) is 0 Å². The Balaban J connectivity index is 2.39. The summed E-state index contributed by atoms with van der Waals surface area (Å²) >= 11 is 0. The van der Waals surface area contributed by atoms with Crippen LogP contribution in [-0.2, 0) is 0 Å². The molecule has 2 atom stereocenters. The van der Waals surface area contributed by atoms with Gasteiger partial charge in [0, 0.05) is 13.1 Å². The van der Waals surface area contributed by atoms with Crippen molar-refractivity contribution >= 4 is 0 Å². The van der Waals surface area contributed by atoms with Gasteiger partial charge in [0.25, 0.3) is 0 Å². The van der Waals surface area contributed by atoms with Gasteiger partial charge in [0.05, 0.1) is 31.5 Å². The van der Waals surface area contributed by atoms with Crippen molar-refractivity contribution < 1.29 is 20.4 Å². The fraction of sp³-hybridized carbons (Fsp3) is 0.368. The molecule has 0 bridgehead atoms. The molecule has 2 aromatic carbocycles. The van der Waals surface area contributed by atoms with Crippen LogP contribution in [0.2, 0.25) is 0 Å². The van der Waals surface area contributed by atoms with Crippen LogP contribution in [0.3, 0.4) is 0 Å². The van der Waals surface area contributed by atoms with E-state index in [2.05, 4.69) is 0 Å². The van der Waals surface area contributed by atoms with Crippen LogP contribution in [0.5, 0.6) is 0 Å². The van der Waals surface area contributed by atoms with E-state index < -0.39 is 12.2 Å². The van der Waals surface area contributed by atoms with E-state index in [4.69, 9.17) is 0 Å². The Morgan fingerprint density at radius 3 is 1.38 bits per heavy atom. The van der Waals surface area contributed by atoms with Gasteiger partial charge in [0.2, 0.25) is 0 Å². The largest absolute Gasteiger partial charge is 0.394 e. The maximum absolute atomic E-state index is 9.92. The molecule has 2 unspecified atom stereocenters. The maximum atomic E-state index is 9.92. The van der Waals surface area contributed by atoms with Crippen LogP contribution in [0.25, 0.3) is 0 Å². The highest BCUT2D eigenvalue weighted by atomic mass is 16.3. The van der Waals surface area contributed by atoms with Gasteiger partial charge in [-0.15, -0.1) is 0 Å². The molecule has 0 radical (unpaired) electrons. The lowest BCUT2D eigenvalue weighted by molar-refractivity contribution is 0.0125. The molecule has 5 nitrogen and oxygen atoms in total. The minimum absolute atomic E-state index is 0.183. The molecule has 0 heterocycles. The van der Waals surface area contributed by atoms with E-state index >= 15 is 0 Å². The Bertz CT molecular complexity index is 527. The van der Waals surface area contributed by atoms with Gasteiger partial charge >= 0.3 is 0 Å². The molecule has 0 saturated carbocycles. The quantitative estimate of drug-likeness (QED) is 0.546. The van der Waals surface area contributed by atoms with Gasteiger partial charge in [-0.2, -0.15) is 0 Å². The molecule has 2 rings (SSSR count). The van der Waals surface area contributed by atoms with Gasteiger partial charge < -0.3 is 20.4 Å². The number of hydrogen-bond acceptors (Lipinski definition) is 5. The summed E-state index contributed by atoms with van der Waals surface area (Å²) in [5, 5.41) is 38.3. The lowest BCUT2D eigenvalue weighted by Crippen LogP contribution is -2.42. The van der Waals surface area contributed by atoms with Crippen molar-refractivity contribution in [1.29, 1.82) is 0 Å². The first-order valence-corrected chi connectivity index (χ1v) is 8.07. The van der Waals surface area contributed by atoms with Gasteiger partial charge in [-0.05, 0) is 11.1 Å². The van der Waals surface area contributed by atoms with Crippen molar-refractivity contribution in [3.63, 3.8) is 0 Å². The molecule has 0 aromatic heterocycles. The van der Waals surface area contributed by atoms with Crippen LogP contribution >= 0.6 is 0 Å². The highest BCUT2D eigenvalue weighted by Gasteiger charge is 2.26. The first-order valence-electron chi connectivity index (χ1n) is 8.07. The molecule has 0 saturated heterocycles. The molecule has 0 aliphatic rings. The second-order valence-electron chi connectivity index (χ2n) is 5.85. The molecule has 130 valence electrons. The molecule has 5 heteroatoms. The smallest absolute Gasteiger partial charge is 0.0897 e. The van der Waals surface area contributed by atoms with Crippen LogP contribution in [0.15, 0.2) is 60.7 Å². The molecule has 0 spiro atoms. The lowest BCUT2D eigenvalue weighted by atomic mass is 9.96. The summed E-state index contributed by atoms with van der Waals surface area (Å²) in [5.74, 6) is 0. The summed E-state index contributed by atoms with van der Waals surface area (Å²) in [4.78, 5) is 1.88. The summed E-state index contributed by atoms with van der Waals surface area (Å²) in [6, 6.07) is 19.4. The summed E-state index contributed by atoms with van der Waals surface area (Å²) in [6.07, 6.45) is -1.85. The Labute approximate surface area is 142 Å². The molecule has 0 aliphatic heterocycles. The van der Waals surface area contributed by atoms with E-state index in [9.17, 15) is 20.4 Å². The van der Waals surface area contributed by atoms with Crippen molar-refractivity contribution in [2.24, 2.45) is 0 Å². The minimum Gasteiger partial charge on any atom is -0.394 e. The summed E-state index contributed by atoms with van der Waals surface area (Å²) < 4.78 is 0. The van der Waals surface area contributed by atoms with Gasteiger partial charge in [-0.25, -0.2) is 0 Å². The monoisotopic (exact) mass is 331 g/mol. The van der Waals surface area contributed by atoms with Crippen LogP contribution < -0.4 is 0 Å². The van der Waals surface area contributed by atoms with Crippen molar-refractivity contribution in [1.82, 2.24) is 4.90 Å². The number of hydrogen-bond donors (Lipinski definition) is 4. The molecule has 4 N–H and O–H groups in total. The zero-order valence-corrected chi connectivity index (χ0v) is 13.6. The van der Waals surface area contributed by atoms with E-state index in [1.54, 1.807) is 0 Å². The first-order chi connectivity index (χ1) is 11.7. The van der Waals surface area contributed by atoms with Crippen LogP contribution in [-0.4, -0.2) is 63.8 Å². The molecular formula is C19H25NO4. The summed E-state index contributed by atoms with van der Waals surface area (Å²) in [5.41, 5.74) is 2.03. The third kappa shape index (κ3) is 5.12. The number of aliphatic hydroxyl groups is 4. The molecular weight excluding hydrogens is 306 g/mol. The first kappa shape index (κ1) is 18.6. The minimum atomic E-state index is -0.925. The SMILES string of the molecule is OCC(O)CN(CC(O)CO)C(c1ccccc1)c1ccccc1. The van der Waals surface area contributed by atoms with Gasteiger partial charge in [-0.1, -0.05) is 60.7 Å². The van der Waals surface area contributed by atoms with E-state index in [1.165, 1.54) is 0 Å². The van der Waals surface area contributed by atoms with Crippen LogP contribution in [0.1, 0.15) is 17.2 Å². The normalized spacial score (nSPS) is 14.1. The number of nitrogens with zero attached hydrogens (tertiary/aromatic N) is 1. The Hall–Kier alpha value is -1.76. The van der Waals surface area contributed by atoms with Crippen molar-refractivity contribution in [3.05, 3.63) is 71.8 Å². The number of benzene rings is 2. The Kier molecular flexibility index (Phi) is 7.36. The average Bonchev–Trinajstić information content (AvgIpc) is 2.63. The third-order valence-corrected chi connectivity index (χ3v) is 3.91. The number of aliphatic hydroxyl groups excluding tert-OH is 4. The zero-order valence-electron chi connectivity index (χ0n) is 13.6. The summed E-state index contributed by atoms with van der Waals surface area (Å²) in [7, 11) is 0. The van der Waals surface area contributed by atoms with Gasteiger partial charge in [0.1, 0.15) is 0 Å². The molecule has 2 aromatic rings. The fourth-order valence-corrected chi connectivity index (χ4v) is 2.83. The average molecular weight is 331 g/mol. The van der Waals surface area contributed by atoms with E-state index in [0.29, 0.717) is 0 Å². The molecule has 0 aliphatic carbocycles. The Morgan fingerprint density at radius 1 is 0.667 bits per heavy atom. The fourth-order valence-electron chi connectivity index (χ4n) is 2.83. The van der Waals surface area contributed by atoms with Gasteiger partial charge in [-0.3, -0.25) is 4.90 Å². The van der Waals surface area contributed by atoms with E-state index in [0.717, 1.165) is 11.1 Å². The maximum Gasteiger partial charge on any atom is 0.0897 e. The lowest BCUT2D eigenvalue weighted by Gasteiger charge is -2.35. The van der Waals surface area contributed by atoms with Crippen molar-refractivity contribution in [2.45, 2.75) is 18.2 Å². The van der Waals surface area contributed by atoms with Crippen LogP contribution in [0, 0.1) is 0 Å². The zero-order chi connectivity index (χ0) is 17.4. The topological polar surface area (TPSA) is 84.2 Å². The Morgan fingerprint density at radius 2 is 1.04 bits per heavy atom. The second-order valence-corrected chi connectivity index (χ2v) is 5.85. The van der Waals surface area contributed by atoms with E-state index in [1.807, 2.05) is 65.6 Å². The molecule has 0 amide bonds.